The van der Waals surface area contributed by atoms with Crippen LogP contribution in [0.15, 0.2) is 24.3 Å². The second kappa shape index (κ2) is 4.73. The molecule has 6 nitrogen and oxygen atoms in total. The van der Waals surface area contributed by atoms with Crippen LogP contribution in [-0.4, -0.2) is 29.1 Å². The van der Waals surface area contributed by atoms with E-state index in [2.05, 4.69) is 5.32 Å². The van der Waals surface area contributed by atoms with Crippen molar-refractivity contribution in [1.82, 2.24) is 5.32 Å². The zero-order chi connectivity index (χ0) is 13.2. The predicted molar refractivity (Wildman–Crippen MR) is 64.5 cm³/mol. The molecule has 1 fully saturated rings. The van der Waals surface area contributed by atoms with Crippen molar-refractivity contribution < 1.29 is 14.8 Å². The van der Waals surface area contributed by atoms with Gasteiger partial charge in [0.15, 0.2) is 0 Å². The van der Waals surface area contributed by atoms with Crippen LogP contribution in [0.4, 0.5) is 5.69 Å². The Morgan fingerprint density at radius 2 is 2.06 bits per heavy atom. The Balaban J connectivity index is 2.45. The van der Waals surface area contributed by atoms with Gasteiger partial charge in [-0.25, -0.2) is 0 Å². The van der Waals surface area contributed by atoms with Gasteiger partial charge in [-0.1, -0.05) is 12.1 Å². The van der Waals surface area contributed by atoms with E-state index in [-0.39, 0.29) is 5.69 Å². The average Bonchev–Trinajstić information content (AvgIpc) is 2.39. The predicted octanol–water partition coefficient (Wildman–Crippen LogP) is 1.30. The van der Waals surface area contributed by atoms with Crippen LogP contribution >= 0.6 is 0 Å². The summed E-state index contributed by atoms with van der Waals surface area (Å²) >= 11 is 0. The fourth-order valence-electron chi connectivity index (χ4n) is 2.40. The summed E-state index contributed by atoms with van der Waals surface area (Å²) in [5, 5.41) is 23.3. The second-order valence-corrected chi connectivity index (χ2v) is 4.44. The fourth-order valence-corrected chi connectivity index (χ4v) is 2.40. The van der Waals surface area contributed by atoms with E-state index in [4.69, 9.17) is 0 Å². The number of hydrogen-bond acceptors (Lipinski definition) is 4. The summed E-state index contributed by atoms with van der Waals surface area (Å²) in [5.41, 5.74) is -0.547. The molecule has 0 aliphatic carbocycles. The molecule has 0 saturated carbocycles. The lowest BCUT2D eigenvalue weighted by molar-refractivity contribution is -0.385. The third-order valence-electron chi connectivity index (χ3n) is 3.48. The molecule has 0 unspecified atom stereocenters. The standard InChI is InChI=1S/C12H14N2O4/c15-11(16)12(4-6-13-7-5-12)9-2-1-3-10(8-9)14(17)18/h1-3,8,13H,4-7H2,(H,15,16). The van der Waals surface area contributed by atoms with Crippen molar-refractivity contribution in [3.05, 3.63) is 39.9 Å². The highest BCUT2D eigenvalue weighted by atomic mass is 16.6. The van der Waals surface area contributed by atoms with Gasteiger partial charge >= 0.3 is 5.97 Å². The lowest BCUT2D eigenvalue weighted by Crippen LogP contribution is -2.45. The molecule has 1 aromatic carbocycles. The van der Waals surface area contributed by atoms with Crippen molar-refractivity contribution >= 4 is 11.7 Å². The summed E-state index contributed by atoms with van der Waals surface area (Å²) < 4.78 is 0. The molecule has 2 N–H and O–H groups in total. The van der Waals surface area contributed by atoms with Crippen molar-refractivity contribution in [3.63, 3.8) is 0 Å². The van der Waals surface area contributed by atoms with Crippen LogP contribution in [0.2, 0.25) is 0 Å². The number of benzene rings is 1. The number of nitro benzene ring substituents is 1. The monoisotopic (exact) mass is 250 g/mol. The minimum absolute atomic E-state index is 0.0633. The summed E-state index contributed by atoms with van der Waals surface area (Å²) in [6, 6.07) is 5.95. The molecule has 1 heterocycles. The number of carboxylic acid groups (broad SMARTS) is 1. The average molecular weight is 250 g/mol. The smallest absolute Gasteiger partial charge is 0.314 e. The number of rotatable bonds is 3. The zero-order valence-corrected chi connectivity index (χ0v) is 9.76. The molecule has 0 aromatic heterocycles. The molecule has 96 valence electrons. The van der Waals surface area contributed by atoms with Crippen molar-refractivity contribution in [2.75, 3.05) is 13.1 Å². The summed E-state index contributed by atoms with van der Waals surface area (Å²) in [6.45, 7) is 1.21. The van der Waals surface area contributed by atoms with Crippen LogP contribution in [-0.2, 0) is 10.2 Å². The van der Waals surface area contributed by atoms with Crippen LogP contribution in [0.1, 0.15) is 18.4 Å². The Bertz CT molecular complexity index is 481. The Morgan fingerprint density at radius 1 is 1.39 bits per heavy atom. The van der Waals surface area contributed by atoms with E-state index in [1.165, 1.54) is 12.1 Å². The first-order valence-electron chi connectivity index (χ1n) is 5.75. The molecule has 6 heteroatoms. The molecule has 0 radical (unpaired) electrons. The normalized spacial score (nSPS) is 18.2. The molecule has 0 amide bonds. The Labute approximate surface area is 104 Å². The first kappa shape index (κ1) is 12.5. The van der Waals surface area contributed by atoms with Crippen molar-refractivity contribution in [2.45, 2.75) is 18.3 Å². The highest BCUT2D eigenvalue weighted by Gasteiger charge is 2.41. The molecule has 1 aromatic rings. The molecule has 0 spiro atoms. The third kappa shape index (κ3) is 2.06. The lowest BCUT2D eigenvalue weighted by atomic mass is 9.73. The number of nitrogens with zero attached hydrogens (tertiary/aromatic N) is 1. The SMILES string of the molecule is O=C(O)C1(c2cccc([N+](=O)[O-])c2)CCNCC1. The van der Waals surface area contributed by atoms with Crippen LogP contribution in [0.5, 0.6) is 0 Å². The number of piperidine rings is 1. The topological polar surface area (TPSA) is 92.5 Å². The molecule has 1 saturated heterocycles. The summed E-state index contributed by atoms with van der Waals surface area (Å²) in [4.78, 5) is 21.8. The maximum Gasteiger partial charge on any atom is 0.314 e. The highest BCUT2D eigenvalue weighted by Crippen LogP contribution is 2.35. The van der Waals surface area contributed by atoms with E-state index in [0.29, 0.717) is 31.5 Å². The van der Waals surface area contributed by atoms with Crippen LogP contribution in [0.25, 0.3) is 0 Å². The molecule has 2 rings (SSSR count). The molecular weight excluding hydrogens is 236 g/mol. The first-order chi connectivity index (χ1) is 8.56. The van der Waals surface area contributed by atoms with E-state index in [0.717, 1.165) is 0 Å². The van der Waals surface area contributed by atoms with Gasteiger partial charge in [-0.2, -0.15) is 0 Å². The molecule has 1 aliphatic heterocycles. The van der Waals surface area contributed by atoms with E-state index in [1.807, 2.05) is 0 Å². The van der Waals surface area contributed by atoms with Gasteiger partial charge < -0.3 is 10.4 Å². The van der Waals surface area contributed by atoms with E-state index in [1.54, 1.807) is 12.1 Å². The van der Waals surface area contributed by atoms with Gasteiger partial charge in [-0.15, -0.1) is 0 Å². The minimum Gasteiger partial charge on any atom is -0.481 e. The fraction of sp³-hybridized carbons (Fsp3) is 0.417. The number of carbonyl (C=O) groups is 1. The number of aliphatic carboxylic acids is 1. The van der Waals surface area contributed by atoms with Gasteiger partial charge in [0.2, 0.25) is 0 Å². The van der Waals surface area contributed by atoms with Gasteiger partial charge in [0.25, 0.3) is 5.69 Å². The van der Waals surface area contributed by atoms with Gasteiger partial charge in [-0.05, 0) is 31.5 Å². The number of hydrogen-bond donors (Lipinski definition) is 2. The Kier molecular flexibility index (Phi) is 3.29. The molecule has 1 aliphatic rings. The highest BCUT2D eigenvalue weighted by molar-refractivity contribution is 5.82. The van der Waals surface area contributed by atoms with Gasteiger partial charge in [0.05, 0.1) is 10.3 Å². The van der Waals surface area contributed by atoms with Crippen LogP contribution in [0, 0.1) is 10.1 Å². The molecule has 0 bridgehead atoms. The number of nitro groups is 1. The number of carboxylic acids is 1. The first-order valence-corrected chi connectivity index (χ1v) is 5.75. The third-order valence-corrected chi connectivity index (χ3v) is 3.48. The maximum absolute atomic E-state index is 11.6. The van der Waals surface area contributed by atoms with E-state index < -0.39 is 16.3 Å². The zero-order valence-electron chi connectivity index (χ0n) is 9.76. The van der Waals surface area contributed by atoms with Crippen molar-refractivity contribution in [3.8, 4) is 0 Å². The minimum atomic E-state index is -1.00. The summed E-state index contributed by atoms with van der Waals surface area (Å²) in [6.07, 6.45) is 0.896. The van der Waals surface area contributed by atoms with Gasteiger partial charge in [0, 0.05) is 12.1 Å². The number of non-ortho nitro benzene ring substituents is 1. The summed E-state index contributed by atoms with van der Waals surface area (Å²) in [5.74, 6) is -0.913. The lowest BCUT2D eigenvalue weighted by Gasteiger charge is -2.33. The van der Waals surface area contributed by atoms with Gasteiger partial charge in [0.1, 0.15) is 0 Å². The molecule has 18 heavy (non-hydrogen) atoms. The van der Waals surface area contributed by atoms with Crippen LogP contribution < -0.4 is 5.32 Å². The second-order valence-electron chi connectivity index (χ2n) is 4.44. The Morgan fingerprint density at radius 3 is 2.61 bits per heavy atom. The van der Waals surface area contributed by atoms with Gasteiger partial charge in [-0.3, -0.25) is 14.9 Å². The van der Waals surface area contributed by atoms with Crippen molar-refractivity contribution in [2.24, 2.45) is 0 Å². The maximum atomic E-state index is 11.6. The summed E-state index contributed by atoms with van der Waals surface area (Å²) in [7, 11) is 0. The molecular formula is C12H14N2O4. The van der Waals surface area contributed by atoms with Crippen LogP contribution in [0.3, 0.4) is 0 Å². The Hall–Kier alpha value is -1.95. The van der Waals surface area contributed by atoms with E-state index >= 15 is 0 Å². The largest absolute Gasteiger partial charge is 0.481 e. The van der Waals surface area contributed by atoms with Crippen molar-refractivity contribution in [1.29, 1.82) is 0 Å². The molecule has 0 atom stereocenters. The van der Waals surface area contributed by atoms with E-state index in [9.17, 15) is 20.0 Å². The number of nitrogens with one attached hydrogen (secondary N) is 1. The quantitative estimate of drug-likeness (QED) is 0.623.